The number of aromatic hydroxyl groups is 1. The Labute approximate surface area is 634 Å². The second-order valence-electron chi connectivity index (χ2n) is 30.0. The molecule has 0 unspecified atom stereocenters. The van der Waals surface area contributed by atoms with Crippen LogP contribution in [0.15, 0.2) is 97.2 Å². The van der Waals surface area contributed by atoms with Crippen molar-refractivity contribution in [3.8, 4) is 5.75 Å². The van der Waals surface area contributed by atoms with E-state index in [0.29, 0.717) is 74.3 Å². The molecule has 28 nitrogen and oxygen atoms in total. The van der Waals surface area contributed by atoms with Gasteiger partial charge in [0.1, 0.15) is 24.1 Å². The summed E-state index contributed by atoms with van der Waals surface area (Å²) in [5, 5.41) is 35.9. The van der Waals surface area contributed by atoms with E-state index in [1.165, 1.54) is 39.8 Å². The number of aromatic amines is 1. The molecule has 0 saturated carbocycles. The van der Waals surface area contributed by atoms with Gasteiger partial charge in [-0.1, -0.05) is 120 Å². The van der Waals surface area contributed by atoms with Crippen LogP contribution in [0.5, 0.6) is 5.75 Å². The number of rotatable bonds is 25. The number of phenolic OH excluding ortho intramolecular Hbond substituents is 1. The van der Waals surface area contributed by atoms with E-state index in [-0.39, 0.29) is 62.5 Å². The van der Waals surface area contributed by atoms with Gasteiger partial charge in [-0.25, -0.2) is 32.6 Å². The summed E-state index contributed by atoms with van der Waals surface area (Å²) in [4.78, 5) is 184. The molecule has 12 atom stereocenters. The van der Waals surface area contributed by atoms with E-state index in [1.807, 2.05) is 64.1 Å². The first-order valence-electron chi connectivity index (χ1n) is 37.8. The quantitative estimate of drug-likeness (QED) is 0.0144. The van der Waals surface area contributed by atoms with Gasteiger partial charge in [-0.3, -0.25) is 57.5 Å². The van der Waals surface area contributed by atoms with Gasteiger partial charge in [-0.05, 0) is 165 Å². The summed E-state index contributed by atoms with van der Waals surface area (Å²) in [5.41, 5.74) is 23.5. The van der Waals surface area contributed by atoms with Crippen LogP contribution in [0.1, 0.15) is 189 Å². The maximum atomic E-state index is 14.9. The number of aldehydes is 1. The number of primary amides is 1. The van der Waals surface area contributed by atoms with E-state index in [1.54, 1.807) is 62.5 Å². The molecule has 4 aromatic rings. The van der Waals surface area contributed by atoms with Crippen LogP contribution < -0.4 is 64.9 Å². The molecule has 0 radical (unpaired) electrons. The molecule has 592 valence electrons. The van der Waals surface area contributed by atoms with Crippen LogP contribution >= 0.6 is 0 Å². The number of aliphatic hydroxyl groups is 1. The summed E-state index contributed by atoms with van der Waals surface area (Å²) in [6.07, 6.45) is 9.13. The number of H-pyrrole nitrogens is 1. The number of hydrogen-bond donors (Lipinski definition) is 15. The molecule has 28 heteroatoms. The number of carbonyl (C=O) groups is 13. The van der Waals surface area contributed by atoms with Crippen LogP contribution in [0.4, 0.5) is 0 Å². The molecule has 0 aliphatic carbocycles. The summed E-state index contributed by atoms with van der Waals surface area (Å²) in [6.45, 7) is 15.5. The lowest BCUT2D eigenvalue weighted by Crippen LogP contribution is -2.63. The standard InChI is InChI=1S/C80H117N13O15/c1-49(2)29-34-62-78(108)87-79(9,48-94)37-23-16-14-12-11-13-15-17-24-38-80(10,93-92-65(41-55-25-19-18-20-26-55)75(105)76(106)74(53(7)95)86-77(107)66(39-50(3)4)85-54(8)96)72(103)47-83-52(6)68(99)43-69(100)63(40-56-30-32-58(97)33-31-56)90-91-64(42-57-45-84-60-28-22-21-27-59(57)60)70(101)44-67(98)51(5)82-46-71(102)61(88-89-62)35-36-73(81)104/h12,14,18-22,25-28,30-33,45,48-53,61-66,74,82-84,88-93,95,97H,11,13,15-17,23-24,29,34-44,46-47H2,1-10H3,(H2,81,104)(H,85,96)(H,86,107)(H,87,108)/b14-12-/t51-,52-,53+,61-,62-,63-,64-,65-,66-,74-,79-,80+/m0/s1. The number of carbonyl (C=O) groups excluding carboxylic acids is 13. The number of Topliss-reactive ketones (excluding diaryl/α,β-unsaturated/α-hetero) is 8. The Morgan fingerprint density at radius 1 is 0.630 bits per heavy atom. The minimum absolute atomic E-state index is 0.00458. The van der Waals surface area contributed by atoms with E-state index in [2.05, 4.69) is 64.1 Å². The van der Waals surface area contributed by atoms with Crippen LogP contribution in [-0.4, -0.2) is 176 Å². The van der Waals surface area contributed by atoms with Gasteiger partial charge in [0.15, 0.2) is 34.7 Å². The van der Waals surface area contributed by atoms with E-state index in [4.69, 9.17) is 5.73 Å². The highest BCUT2D eigenvalue weighted by Crippen LogP contribution is 2.23. The Kier molecular flexibility index (Phi) is 37.7. The highest BCUT2D eigenvalue weighted by Gasteiger charge is 2.40. The Morgan fingerprint density at radius 2 is 1.22 bits per heavy atom. The Hall–Kier alpha value is -8.71. The number of para-hydroxylation sites is 1. The van der Waals surface area contributed by atoms with Crippen molar-refractivity contribution in [2.24, 2.45) is 17.6 Å². The number of amides is 4. The lowest BCUT2D eigenvalue weighted by Gasteiger charge is -2.33. The first kappa shape index (κ1) is 89.9. The Morgan fingerprint density at radius 3 is 1.83 bits per heavy atom. The number of aromatic nitrogens is 1. The number of nitrogens with two attached hydrogens (primary N) is 1. The molecule has 108 heavy (non-hydrogen) atoms. The summed E-state index contributed by atoms with van der Waals surface area (Å²) in [7, 11) is 0. The number of benzene rings is 3. The Balaban J connectivity index is 1.48. The zero-order valence-electron chi connectivity index (χ0n) is 64.4. The topological polar surface area (TPSA) is 437 Å². The number of phenols is 1. The molecule has 0 bridgehead atoms. The fourth-order valence-corrected chi connectivity index (χ4v) is 12.5. The molecule has 16 N–H and O–H groups in total. The third kappa shape index (κ3) is 30.7. The van der Waals surface area contributed by atoms with Crippen molar-refractivity contribution >= 4 is 87.1 Å². The van der Waals surface area contributed by atoms with E-state index in [0.717, 1.165) is 23.7 Å². The van der Waals surface area contributed by atoms with Gasteiger partial charge >= 0.3 is 0 Å². The first-order chi connectivity index (χ1) is 51.2. The summed E-state index contributed by atoms with van der Waals surface area (Å²) < 4.78 is 0. The van der Waals surface area contributed by atoms with Gasteiger partial charge in [-0.15, -0.1) is 0 Å². The van der Waals surface area contributed by atoms with Crippen LogP contribution in [-0.2, 0) is 81.6 Å². The van der Waals surface area contributed by atoms with Crippen molar-refractivity contribution in [2.45, 2.75) is 263 Å². The average molecular weight is 1500 g/mol. The van der Waals surface area contributed by atoms with Crippen LogP contribution in [0.25, 0.3) is 10.9 Å². The number of hydrazine groups is 3. The molecule has 0 fully saturated rings. The van der Waals surface area contributed by atoms with Gasteiger partial charge in [0, 0.05) is 30.4 Å². The molecular weight excluding hydrogens is 1380 g/mol. The van der Waals surface area contributed by atoms with Crippen molar-refractivity contribution in [1.82, 2.24) is 64.1 Å². The number of nitrogens with one attached hydrogen (secondary N) is 12. The average Bonchev–Trinajstić information content (AvgIpc) is 1.60. The fraction of sp³-hybridized carbons (Fsp3) is 0.562. The summed E-state index contributed by atoms with van der Waals surface area (Å²) in [5.74, 6) is -8.00. The molecule has 1 aliphatic heterocycles. The number of aliphatic hydroxyl groups excluding tert-OH is 1. The molecule has 0 saturated heterocycles. The molecular formula is C80H117N13O15. The fourth-order valence-electron chi connectivity index (χ4n) is 12.5. The largest absolute Gasteiger partial charge is 0.508 e. The maximum absolute atomic E-state index is 14.9. The van der Waals surface area contributed by atoms with Gasteiger partial charge in [0.25, 0.3) is 0 Å². The van der Waals surface area contributed by atoms with Crippen LogP contribution in [0.3, 0.4) is 0 Å². The molecule has 1 aliphatic rings. The second kappa shape index (κ2) is 45.3. The van der Waals surface area contributed by atoms with Gasteiger partial charge in [0.2, 0.25) is 35.2 Å². The van der Waals surface area contributed by atoms with Crippen LogP contribution in [0, 0.1) is 11.8 Å². The highest BCUT2D eigenvalue weighted by atomic mass is 16.3. The third-order valence-electron chi connectivity index (χ3n) is 19.5. The van der Waals surface area contributed by atoms with Gasteiger partial charge < -0.3 is 52.3 Å². The van der Waals surface area contributed by atoms with Crippen molar-refractivity contribution in [3.05, 3.63) is 114 Å². The number of ketones is 8. The van der Waals surface area contributed by atoms with E-state index >= 15 is 0 Å². The number of hydrogen-bond acceptors (Lipinski definition) is 23. The normalized spacial score (nSPS) is 24.2. The molecule has 3 aromatic carbocycles. The molecule has 4 amide bonds. The molecule has 1 aromatic heterocycles. The number of allylic oxidation sites excluding steroid dienone is 2. The zero-order valence-corrected chi connectivity index (χ0v) is 64.4. The van der Waals surface area contributed by atoms with E-state index < -0.39 is 167 Å². The van der Waals surface area contributed by atoms with Crippen molar-refractivity contribution in [2.75, 3.05) is 13.1 Å². The van der Waals surface area contributed by atoms with Gasteiger partial charge in [0.05, 0.1) is 85.4 Å². The maximum Gasteiger partial charge on any atom is 0.243 e. The lowest BCUT2D eigenvalue weighted by atomic mass is 9.89. The minimum Gasteiger partial charge on any atom is -0.508 e. The third-order valence-corrected chi connectivity index (χ3v) is 19.5. The number of fused-ring (bicyclic) bond motifs is 1. The van der Waals surface area contributed by atoms with E-state index in [9.17, 15) is 72.5 Å². The summed E-state index contributed by atoms with van der Waals surface area (Å²) in [6, 6.07) is 11.3. The highest BCUT2D eigenvalue weighted by molar-refractivity contribution is 6.41. The first-order valence-corrected chi connectivity index (χ1v) is 37.8. The smallest absolute Gasteiger partial charge is 0.243 e. The molecule has 5 rings (SSSR count). The Bertz CT molecular complexity index is 3690. The van der Waals surface area contributed by atoms with Crippen molar-refractivity contribution in [3.63, 3.8) is 0 Å². The van der Waals surface area contributed by atoms with Crippen molar-refractivity contribution < 1.29 is 72.5 Å². The second-order valence-corrected chi connectivity index (χ2v) is 30.0. The van der Waals surface area contributed by atoms with Crippen LogP contribution in [0.2, 0.25) is 0 Å². The van der Waals surface area contributed by atoms with Gasteiger partial charge in [-0.2, -0.15) is 0 Å². The SMILES string of the molecule is CC(=O)N[C@@H](CC(C)C)C(=O)N[C@H](C(=O)C(=O)[C@H](Cc1ccccc1)NN[C@]1(C)CCCCCC/C=C\CCC[C@@](C)(C=O)NC(=O)[C@H](CCC(C)C)NN[C@@H](CCC(N)=O)C(=O)CN[C@@H](C)C(=O)CC(=O)[C@H](Cc2c[nH]c3ccccc23)NN[C@@H](Cc2ccc(O)cc2)C(=O)CC(=O)[C@H](C)NCC1=O)[C@@H](C)O. The molecule has 0 spiro atoms. The zero-order chi connectivity index (χ0) is 79.7. The predicted molar refractivity (Wildman–Crippen MR) is 411 cm³/mol. The summed E-state index contributed by atoms with van der Waals surface area (Å²) >= 11 is 0. The molecule has 2 heterocycles. The predicted octanol–water partition coefficient (Wildman–Crippen LogP) is 4.35. The lowest BCUT2D eigenvalue weighted by molar-refractivity contribution is -0.142. The monoisotopic (exact) mass is 1500 g/mol. The minimum atomic E-state index is -1.73. The van der Waals surface area contributed by atoms with Crippen molar-refractivity contribution in [1.29, 1.82) is 0 Å².